The molecule has 29 heavy (non-hydrogen) atoms. The molecule has 0 spiro atoms. The van der Waals surface area contributed by atoms with Gasteiger partial charge in [-0.05, 0) is 29.7 Å². The first-order valence-corrected chi connectivity index (χ1v) is 11.7. The van der Waals surface area contributed by atoms with Crippen molar-refractivity contribution in [1.82, 2.24) is 14.5 Å². The maximum absolute atomic E-state index is 12.7. The Balaban J connectivity index is 1.56. The molecule has 1 atom stereocenters. The third-order valence-corrected chi connectivity index (χ3v) is 7.15. The van der Waals surface area contributed by atoms with E-state index in [2.05, 4.69) is 5.32 Å². The number of benzene rings is 2. The smallest absolute Gasteiger partial charge is 0.317 e. The van der Waals surface area contributed by atoms with Gasteiger partial charge in [0.1, 0.15) is 0 Å². The van der Waals surface area contributed by atoms with Crippen LogP contribution in [0.5, 0.6) is 0 Å². The van der Waals surface area contributed by atoms with Crippen LogP contribution >= 0.6 is 11.6 Å². The second-order valence-corrected chi connectivity index (χ2v) is 9.50. The van der Waals surface area contributed by atoms with Crippen LogP contribution in [0.2, 0.25) is 5.02 Å². The van der Waals surface area contributed by atoms with Crippen LogP contribution in [0, 0.1) is 0 Å². The third kappa shape index (κ3) is 5.72. The lowest BCUT2D eigenvalue weighted by Crippen LogP contribution is -2.53. The number of hydrogen-bond donors (Lipinski definition) is 1. The van der Waals surface area contributed by atoms with E-state index < -0.39 is 10.0 Å². The molecule has 3 rings (SSSR count). The molecule has 0 bridgehead atoms. The van der Waals surface area contributed by atoms with Crippen molar-refractivity contribution in [3.63, 3.8) is 0 Å². The molecule has 1 aliphatic rings. The van der Waals surface area contributed by atoms with Crippen molar-refractivity contribution in [2.75, 3.05) is 26.2 Å². The summed E-state index contributed by atoms with van der Waals surface area (Å²) in [6.07, 6.45) is 0.734. The number of amides is 2. The first-order valence-electron chi connectivity index (χ1n) is 9.71. The molecule has 1 unspecified atom stereocenters. The van der Waals surface area contributed by atoms with E-state index in [9.17, 15) is 13.2 Å². The van der Waals surface area contributed by atoms with Crippen LogP contribution < -0.4 is 5.32 Å². The molecule has 2 amide bonds. The monoisotopic (exact) mass is 435 g/mol. The van der Waals surface area contributed by atoms with E-state index in [4.69, 9.17) is 11.6 Å². The molecule has 0 aliphatic carbocycles. The Hall–Kier alpha value is -2.09. The quantitative estimate of drug-likeness (QED) is 0.752. The minimum Gasteiger partial charge on any atom is -0.331 e. The molecule has 1 N–H and O–H groups in total. The number of carbonyl (C=O) groups is 1. The summed E-state index contributed by atoms with van der Waals surface area (Å²) in [6, 6.07) is 16.3. The largest absolute Gasteiger partial charge is 0.331 e. The lowest BCUT2D eigenvalue weighted by molar-refractivity contribution is 0.168. The average Bonchev–Trinajstić information content (AvgIpc) is 2.72. The summed E-state index contributed by atoms with van der Waals surface area (Å²) in [5, 5.41) is 3.67. The van der Waals surface area contributed by atoms with Crippen molar-refractivity contribution < 1.29 is 13.2 Å². The molecular formula is C21H26ClN3O3S. The van der Waals surface area contributed by atoms with Gasteiger partial charge >= 0.3 is 6.03 Å². The average molecular weight is 436 g/mol. The standard InChI is InChI=1S/C21H26ClN3O3S/c1-2-20(18-9-6-10-19(22)15-18)23-21(26)24-11-13-25(14-12-24)29(27,28)16-17-7-4-3-5-8-17/h3-10,15,20H,2,11-14,16H2,1H3,(H,23,26). The molecule has 8 heteroatoms. The SMILES string of the molecule is CCC(NC(=O)N1CCN(S(=O)(=O)Cc2ccccc2)CC1)c1cccc(Cl)c1. The molecule has 0 aromatic heterocycles. The van der Waals surface area contributed by atoms with Gasteiger partial charge in [0.2, 0.25) is 10.0 Å². The van der Waals surface area contributed by atoms with E-state index in [-0.39, 0.29) is 17.8 Å². The van der Waals surface area contributed by atoms with E-state index in [0.717, 1.165) is 17.5 Å². The summed E-state index contributed by atoms with van der Waals surface area (Å²) in [5.74, 6) is -0.0211. The van der Waals surface area contributed by atoms with Crippen molar-refractivity contribution in [2.24, 2.45) is 0 Å². The van der Waals surface area contributed by atoms with Crippen molar-refractivity contribution in [3.05, 3.63) is 70.7 Å². The molecule has 156 valence electrons. The Morgan fingerprint density at radius 1 is 1.07 bits per heavy atom. The number of hydrogen-bond acceptors (Lipinski definition) is 3. The normalized spacial score (nSPS) is 16.4. The number of piperazine rings is 1. The van der Waals surface area contributed by atoms with Gasteiger partial charge < -0.3 is 10.2 Å². The van der Waals surface area contributed by atoms with E-state index in [1.165, 1.54) is 4.31 Å². The van der Waals surface area contributed by atoms with Gasteiger partial charge in [-0.2, -0.15) is 4.31 Å². The zero-order valence-electron chi connectivity index (χ0n) is 16.4. The first kappa shape index (κ1) is 21.6. The van der Waals surface area contributed by atoms with Gasteiger partial charge in [-0.25, -0.2) is 13.2 Å². The molecule has 1 saturated heterocycles. The highest BCUT2D eigenvalue weighted by Gasteiger charge is 2.29. The van der Waals surface area contributed by atoms with Gasteiger partial charge in [0.25, 0.3) is 0 Å². The van der Waals surface area contributed by atoms with E-state index in [0.29, 0.717) is 31.2 Å². The van der Waals surface area contributed by atoms with Gasteiger partial charge in [-0.1, -0.05) is 61.0 Å². The molecule has 1 aliphatic heterocycles. The number of rotatable bonds is 6. The summed E-state index contributed by atoms with van der Waals surface area (Å²) in [6.45, 7) is 3.34. The molecule has 1 fully saturated rings. The molecule has 0 saturated carbocycles. The fourth-order valence-electron chi connectivity index (χ4n) is 3.43. The number of carbonyl (C=O) groups excluding carboxylic acids is 1. The molecule has 2 aromatic rings. The number of nitrogens with zero attached hydrogens (tertiary/aromatic N) is 2. The van der Waals surface area contributed by atoms with Crippen LogP contribution in [-0.2, 0) is 15.8 Å². The van der Waals surface area contributed by atoms with E-state index >= 15 is 0 Å². The van der Waals surface area contributed by atoms with Crippen LogP contribution in [0.15, 0.2) is 54.6 Å². The lowest BCUT2D eigenvalue weighted by Gasteiger charge is -2.35. The fourth-order valence-corrected chi connectivity index (χ4v) is 5.14. The molecular weight excluding hydrogens is 410 g/mol. The molecule has 1 heterocycles. The van der Waals surface area contributed by atoms with E-state index in [1.54, 1.807) is 11.0 Å². The van der Waals surface area contributed by atoms with E-state index in [1.807, 2.05) is 55.5 Å². The zero-order valence-corrected chi connectivity index (χ0v) is 18.0. The van der Waals surface area contributed by atoms with Crippen LogP contribution in [0.4, 0.5) is 4.79 Å². The zero-order chi connectivity index (χ0) is 20.9. The minimum atomic E-state index is -3.40. The number of nitrogens with one attached hydrogen (secondary N) is 1. The summed E-state index contributed by atoms with van der Waals surface area (Å²) in [5.41, 5.74) is 1.72. The van der Waals surface area contributed by atoms with Crippen LogP contribution in [0.1, 0.15) is 30.5 Å². The number of halogens is 1. The Morgan fingerprint density at radius 3 is 2.38 bits per heavy atom. The summed E-state index contributed by atoms with van der Waals surface area (Å²) >= 11 is 6.06. The van der Waals surface area contributed by atoms with Gasteiger partial charge in [0.15, 0.2) is 0 Å². The number of urea groups is 1. The van der Waals surface area contributed by atoms with Gasteiger partial charge in [-0.3, -0.25) is 0 Å². The first-order chi connectivity index (χ1) is 13.9. The second-order valence-electron chi connectivity index (χ2n) is 7.09. The molecule has 0 radical (unpaired) electrons. The van der Waals surface area contributed by atoms with Gasteiger partial charge in [0, 0.05) is 31.2 Å². The summed E-state index contributed by atoms with van der Waals surface area (Å²) < 4.78 is 26.8. The third-order valence-electron chi connectivity index (χ3n) is 5.07. The van der Waals surface area contributed by atoms with Crippen molar-refractivity contribution in [3.8, 4) is 0 Å². The van der Waals surface area contributed by atoms with Gasteiger partial charge in [-0.15, -0.1) is 0 Å². The second kappa shape index (κ2) is 9.61. The van der Waals surface area contributed by atoms with Crippen molar-refractivity contribution in [1.29, 1.82) is 0 Å². The van der Waals surface area contributed by atoms with Crippen LogP contribution in [0.3, 0.4) is 0 Å². The predicted octanol–water partition coefficient (Wildman–Crippen LogP) is 3.65. The predicted molar refractivity (Wildman–Crippen MR) is 115 cm³/mol. The Kier molecular flexibility index (Phi) is 7.16. The highest BCUT2D eigenvalue weighted by atomic mass is 35.5. The van der Waals surface area contributed by atoms with Gasteiger partial charge in [0.05, 0.1) is 11.8 Å². The lowest BCUT2D eigenvalue weighted by atomic mass is 10.0. The van der Waals surface area contributed by atoms with Crippen LogP contribution in [0.25, 0.3) is 0 Å². The Bertz CT molecular complexity index is 929. The number of sulfonamides is 1. The minimum absolute atomic E-state index is 0.0211. The fraction of sp³-hybridized carbons (Fsp3) is 0.381. The molecule has 2 aromatic carbocycles. The highest BCUT2D eigenvalue weighted by Crippen LogP contribution is 2.21. The topological polar surface area (TPSA) is 69.7 Å². The van der Waals surface area contributed by atoms with Crippen molar-refractivity contribution in [2.45, 2.75) is 25.1 Å². The summed E-state index contributed by atoms with van der Waals surface area (Å²) in [7, 11) is -3.40. The van der Waals surface area contributed by atoms with Crippen molar-refractivity contribution >= 4 is 27.7 Å². The summed E-state index contributed by atoms with van der Waals surface area (Å²) in [4.78, 5) is 14.4. The maximum Gasteiger partial charge on any atom is 0.317 e. The maximum atomic E-state index is 12.7. The highest BCUT2D eigenvalue weighted by molar-refractivity contribution is 7.88. The Labute approximate surface area is 177 Å². The van der Waals surface area contributed by atoms with Crippen LogP contribution in [-0.4, -0.2) is 49.8 Å². The Morgan fingerprint density at radius 2 is 1.76 bits per heavy atom. The molecule has 6 nitrogen and oxygen atoms in total.